The number of nitrogens with one attached hydrogen (secondary N) is 1. The highest BCUT2D eigenvalue weighted by atomic mass is 16.6. The molecule has 0 rings (SSSR count). The maximum Gasteiger partial charge on any atom is 0.243 e. The Hall–Kier alpha value is -0.910. The lowest BCUT2D eigenvalue weighted by molar-refractivity contribution is -0.117. The SMILES string of the molecule is C=CC(=O)NC(C)COC(C)COC(C)COC. The Balaban J connectivity index is 3.66. The zero-order valence-corrected chi connectivity index (χ0v) is 11.8. The van der Waals surface area contributed by atoms with Gasteiger partial charge in [0.15, 0.2) is 0 Å². The Morgan fingerprint density at radius 3 is 2.28 bits per heavy atom. The summed E-state index contributed by atoms with van der Waals surface area (Å²) in [7, 11) is 1.64. The molecule has 0 spiro atoms. The van der Waals surface area contributed by atoms with E-state index < -0.39 is 0 Å². The van der Waals surface area contributed by atoms with Gasteiger partial charge in [0.2, 0.25) is 5.91 Å². The smallest absolute Gasteiger partial charge is 0.243 e. The van der Waals surface area contributed by atoms with Crippen molar-refractivity contribution in [2.45, 2.75) is 39.0 Å². The van der Waals surface area contributed by atoms with Crippen molar-refractivity contribution in [1.29, 1.82) is 0 Å². The highest BCUT2D eigenvalue weighted by Crippen LogP contribution is 1.98. The summed E-state index contributed by atoms with van der Waals surface area (Å²) in [6.07, 6.45) is 1.28. The average Bonchev–Trinajstić information content (AvgIpc) is 2.34. The molecule has 0 bridgehead atoms. The molecular formula is C13H25NO4. The van der Waals surface area contributed by atoms with Gasteiger partial charge in [0.05, 0.1) is 32.0 Å². The van der Waals surface area contributed by atoms with E-state index in [4.69, 9.17) is 14.2 Å². The molecule has 3 unspecified atom stereocenters. The lowest BCUT2D eigenvalue weighted by Gasteiger charge is -2.19. The number of ether oxygens (including phenoxy) is 3. The number of carbonyl (C=O) groups excluding carboxylic acids is 1. The molecular weight excluding hydrogens is 234 g/mol. The predicted molar refractivity (Wildman–Crippen MR) is 70.5 cm³/mol. The van der Waals surface area contributed by atoms with E-state index in [0.29, 0.717) is 19.8 Å². The van der Waals surface area contributed by atoms with Crippen LogP contribution in [0, 0.1) is 0 Å². The molecule has 5 heteroatoms. The van der Waals surface area contributed by atoms with Crippen LogP contribution in [0.3, 0.4) is 0 Å². The quantitative estimate of drug-likeness (QED) is 0.598. The van der Waals surface area contributed by atoms with Gasteiger partial charge < -0.3 is 19.5 Å². The molecule has 0 aliphatic rings. The third kappa shape index (κ3) is 9.15. The number of carbonyl (C=O) groups is 1. The minimum absolute atomic E-state index is 0.0209. The van der Waals surface area contributed by atoms with Crippen LogP contribution in [0.25, 0.3) is 0 Å². The summed E-state index contributed by atoms with van der Waals surface area (Å²) >= 11 is 0. The second-order valence-electron chi connectivity index (χ2n) is 4.36. The Kier molecular flexibility index (Phi) is 9.55. The van der Waals surface area contributed by atoms with E-state index in [-0.39, 0.29) is 24.2 Å². The Labute approximate surface area is 109 Å². The molecule has 0 aliphatic carbocycles. The van der Waals surface area contributed by atoms with Crippen molar-refractivity contribution in [3.8, 4) is 0 Å². The van der Waals surface area contributed by atoms with Gasteiger partial charge in [0, 0.05) is 13.2 Å². The van der Waals surface area contributed by atoms with Crippen molar-refractivity contribution in [3.63, 3.8) is 0 Å². The van der Waals surface area contributed by atoms with Crippen LogP contribution in [0.15, 0.2) is 12.7 Å². The Morgan fingerprint density at radius 1 is 1.17 bits per heavy atom. The summed E-state index contributed by atoms with van der Waals surface area (Å²) in [5.74, 6) is -0.191. The molecule has 1 N–H and O–H groups in total. The summed E-state index contributed by atoms with van der Waals surface area (Å²) in [4.78, 5) is 11.0. The summed E-state index contributed by atoms with van der Waals surface area (Å²) in [5.41, 5.74) is 0. The normalized spacial score (nSPS) is 15.8. The molecule has 18 heavy (non-hydrogen) atoms. The summed E-state index contributed by atoms with van der Waals surface area (Å²) in [6.45, 7) is 10.7. The molecule has 0 aliphatic heterocycles. The van der Waals surface area contributed by atoms with Gasteiger partial charge in [-0.25, -0.2) is 0 Å². The predicted octanol–water partition coefficient (Wildman–Crippen LogP) is 1.13. The molecule has 0 fully saturated rings. The summed E-state index contributed by atoms with van der Waals surface area (Å²) < 4.78 is 16.1. The minimum Gasteiger partial charge on any atom is -0.382 e. The fourth-order valence-corrected chi connectivity index (χ4v) is 1.28. The van der Waals surface area contributed by atoms with Crippen LogP contribution in [0.4, 0.5) is 0 Å². The maximum atomic E-state index is 11.0. The first-order chi connectivity index (χ1) is 8.49. The highest BCUT2D eigenvalue weighted by Gasteiger charge is 2.10. The molecule has 3 atom stereocenters. The molecule has 0 saturated heterocycles. The standard InChI is InChI=1S/C13H25NO4/c1-6-13(15)14-10(2)7-17-12(4)9-18-11(3)8-16-5/h6,10-12H,1,7-9H2,2-5H3,(H,14,15). The molecule has 0 aromatic carbocycles. The molecule has 0 heterocycles. The molecule has 1 amide bonds. The van der Waals surface area contributed by atoms with E-state index in [9.17, 15) is 4.79 Å². The van der Waals surface area contributed by atoms with Gasteiger partial charge in [-0.2, -0.15) is 0 Å². The first kappa shape index (κ1) is 17.1. The molecule has 0 radical (unpaired) electrons. The number of rotatable bonds is 10. The van der Waals surface area contributed by atoms with Crippen molar-refractivity contribution in [3.05, 3.63) is 12.7 Å². The van der Waals surface area contributed by atoms with Gasteiger partial charge in [-0.05, 0) is 26.8 Å². The summed E-state index contributed by atoms with van der Waals surface area (Å²) in [6, 6.07) is -0.0469. The monoisotopic (exact) mass is 259 g/mol. The first-order valence-corrected chi connectivity index (χ1v) is 6.14. The third-order valence-corrected chi connectivity index (χ3v) is 2.22. The number of hydrogen-bond acceptors (Lipinski definition) is 4. The third-order valence-electron chi connectivity index (χ3n) is 2.22. The van der Waals surface area contributed by atoms with Crippen molar-refractivity contribution in [1.82, 2.24) is 5.32 Å². The Bertz CT molecular complexity index is 245. The van der Waals surface area contributed by atoms with Crippen molar-refractivity contribution < 1.29 is 19.0 Å². The lowest BCUT2D eigenvalue weighted by Crippen LogP contribution is -2.36. The van der Waals surface area contributed by atoms with Gasteiger partial charge >= 0.3 is 0 Å². The van der Waals surface area contributed by atoms with Crippen LogP contribution in [0.1, 0.15) is 20.8 Å². The number of methoxy groups -OCH3 is 1. The molecule has 0 aromatic rings. The molecule has 0 aromatic heterocycles. The zero-order valence-electron chi connectivity index (χ0n) is 11.8. The molecule has 0 saturated carbocycles. The van der Waals surface area contributed by atoms with Crippen LogP contribution < -0.4 is 5.32 Å². The Morgan fingerprint density at radius 2 is 1.72 bits per heavy atom. The molecule has 5 nitrogen and oxygen atoms in total. The van der Waals surface area contributed by atoms with Crippen LogP contribution in [-0.2, 0) is 19.0 Å². The van der Waals surface area contributed by atoms with E-state index in [0.717, 1.165) is 0 Å². The van der Waals surface area contributed by atoms with E-state index in [1.54, 1.807) is 7.11 Å². The van der Waals surface area contributed by atoms with Crippen molar-refractivity contribution in [2.75, 3.05) is 26.9 Å². The van der Waals surface area contributed by atoms with Crippen molar-refractivity contribution in [2.24, 2.45) is 0 Å². The van der Waals surface area contributed by atoms with Gasteiger partial charge in [-0.1, -0.05) is 6.58 Å². The topological polar surface area (TPSA) is 56.8 Å². The highest BCUT2D eigenvalue weighted by molar-refractivity contribution is 5.87. The maximum absolute atomic E-state index is 11.0. The lowest BCUT2D eigenvalue weighted by atomic mass is 10.3. The fraction of sp³-hybridized carbons (Fsp3) is 0.769. The van der Waals surface area contributed by atoms with Crippen LogP contribution >= 0.6 is 0 Å². The average molecular weight is 259 g/mol. The van der Waals surface area contributed by atoms with E-state index in [1.807, 2.05) is 20.8 Å². The largest absolute Gasteiger partial charge is 0.382 e. The molecule has 106 valence electrons. The van der Waals surface area contributed by atoms with Gasteiger partial charge in [0.1, 0.15) is 0 Å². The number of amides is 1. The number of hydrogen-bond donors (Lipinski definition) is 1. The summed E-state index contributed by atoms with van der Waals surface area (Å²) in [5, 5.41) is 2.73. The second kappa shape index (κ2) is 10.1. The van der Waals surface area contributed by atoms with E-state index >= 15 is 0 Å². The minimum atomic E-state index is -0.191. The van der Waals surface area contributed by atoms with E-state index in [1.165, 1.54) is 6.08 Å². The zero-order chi connectivity index (χ0) is 14.0. The van der Waals surface area contributed by atoms with Crippen LogP contribution in [0.5, 0.6) is 0 Å². The van der Waals surface area contributed by atoms with Gasteiger partial charge in [-0.15, -0.1) is 0 Å². The first-order valence-electron chi connectivity index (χ1n) is 6.14. The van der Waals surface area contributed by atoms with E-state index in [2.05, 4.69) is 11.9 Å². The van der Waals surface area contributed by atoms with Gasteiger partial charge in [0.25, 0.3) is 0 Å². The fourth-order valence-electron chi connectivity index (χ4n) is 1.28. The van der Waals surface area contributed by atoms with Crippen molar-refractivity contribution >= 4 is 5.91 Å². The second-order valence-corrected chi connectivity index (χ2v) is 4.36. The van der Waals surface area contributed by atoms with Gasteiger partial charge in [-0.3, -0.25) is 4.79 Å². The van der Waals surface area contributed by atoms with Crippen LogP contribution in [-0.4, -0.2) is 51.1 Å². The van der Waals surface area contributed by atoms with Crippen LogP contribution in [0.2, 0.25) is 0 Å².